The van der Waals surface area contributed by atoms with Crippen LogP contribution in [0.3, 0.4) is 0 Å². The Morgan fingerprint density at radius 2 is 1.85 bits per heavy atom. The van der Waals surface area contributed by atoms with Crippen molar-refractivity contribution < 1.29 is 14.6 Å². The number of hydrogen-bond acceptors (Lipinski definition) is 9. The number of thiocarbonyl (C=S) groups is 1. The topological polar surface area (TPSA) is 126 Å². The SMILES string of the molecule is O=c1ccn([C@H]2C=C[C@@H](CO)O2)c(=O)n1CCOCCN1CCN(CCNC(=S)Nc2ccc(Br)cn2)CC1. The number of piperazine rings is 1. The highest BCUT2D eigenvalue weighted by Gasteiger charge is 2.22. The number of aliphatic hydroxyl groups is 1. The zero-order chi connectivity index (χ0) is 27.6. The number of pyridine rings is 1. The van der Waals surface area contributed by atoms with Crippen LogP contribution in [0.2, 0.25) is 0 Å². The quantitative estimate of drug-likeness (QED) is 0.171. The molecule has 0 saturated carbocycles. The molecule has 14 heteroatoms. The maximum Gasteiger partial charge on any atom is 0.333 e. The summed E-state index contributed by atoms with van der Waals surface area (Å²) in [4.78, 5) is 34.0. The Hall–Kier alpha value is -2.46. The molecule has 0 aromatic carbocycles. The van der Waals surface area contributed by atoms with E-state index in [9.17, 15) is 14.7 Å². The highest BCUT2D eigenvalue weighted by Crippen LogP contribution is 2.18. The van der Waals surface area contributed by atoms with E-state index in [1.807, 2.05) is 12.1 Å². The van der Waals surface area contributed by atoms with Crippen molar-refractivity contribution in [3.63, 3.8) is 0 Å². The van der Waals surface area contributed by atoms with Crippen molar-refractivity contribution >= 4 is 39.1 Å². The van der Waals surface area contributed by atoms with E-state index in [1.165, 1.54) is 16.8 Å². The van der Waals surface area contributed by atoms with Crippen LogP contribution in [-0.4, -0.2) is 106 Å². The van der Waals surface area contributed by atoms with Gasteiger partial charge < -0.3 is 25.2 Å². The van der Waals surface area contributed by atoms with Crippen molar-refractivity contribution in [1.29, 1.82) is 0 Å². The minimum atomic E-state index is -0.639. The Morgan fingerprint density at radius 1 is 1.10 bits per heavy atom. The van der Waals surface area contributed by atoms with Crippen LogP contribution < -0.4 is 21.9 Å². The van der Waals surface area contributed by atoms with Crippen molar-refractivity contribution in [2.75, 3.05) is 71.0 Å². The molecule has 0 unspecified atom stereocenters. The predicted octanol–water partition coefficient (Wildman–Crippen LogP) is 0.234. The summed E-state index contributed by atoms with van der Waals surface area (Å²) in [5.74, 6) is 0.701. The van der Waals surface area contributed by atoms with Gasteiger partial charge in [0.1, 0.15) is 11.9 Å². The molecule has 2 atom stereocenters. The monoisotopic (exact) mass is 623 g/mol. The number of nitrogens with one attached hydrogen (secondary N) is 2. The third kappa shape index (κ3) is 8.76. The first-order chi connectivity index (χ1) is 18.9. The molecule has 0 amide bonds. The summed E-state index contributed by atoms with van der Waals surface area (Å²) in [7, 11) is 0. The number of halogens is 1. The van der Waals surface area contributed by atoms with Crippen molar-refractivity contribution in [3.8, 4) is 0 Å². The predicted molar refractivity (Wildman–Crippen MR) is 155 cm³/mol. The fourth-order valence-electron chi connectivity index (χ4n) is 4.31. The van der Waals surface area contributed by atoms with E-state index in [-0.39, 0.29) is 25.3 Å². The van der Waals surface area contributed by atoms with Crippen LogP contribution in [0.5, 0.6) is 0 Å². The second kappa shape index (κ2) is 14.8. The number of anilines is 1. The number of aliphatic hydroxyl groups excluding tert-OH is 1. The first-order valence-electron chi connectivity index (χ1n) is 12.9. The van der Waals surface area contributed by atoms with Gasteiger partial charge in [-0.3, -0.25) is 23.7 Å². The lowest BCUT2D eigenvalue weighted by molar-refractivity contribution is -0.0112. The molecule has 1 fully saturated rings. The van der Waals surface area contributed by atoms with Crippen LogP contribution in [0.25, 0.3) is 0 Å². The van der Waals surface area contributed by atoms with E-state index in [4.69, 9.17) is 21.7 Å². The van der Waals surface area contributed by atoms with Crippen molar-refractivity contribution in [2.45, 2.75) is 18.9 Å². The van der Waals surface area contributed by atoms with Gasteiger partial charge >= 0.3 is 5.69 Å². The van der Waals surface area contributed by atoms with Crippen LogP contribution in [-0.2, 0) is 16.0 Å². The van der Waals surface area contributed by atoms with Crippen molar-refractivity contribution in [3.05, 3.63) is 68.1 Å². The molecule has 0 aliphatic carbocycles. The molecule has 0 bridgehead atoms. The Morgan fingerprint density at radius 3 is 2.54 bits per heavy atom. The summed E-state index contributed by atoms with van der Waals surface area (Å²) in [6.07, 6.45) is 5.43. The summed E-state index contributed by atoms with van der Waals surface area (Å²) in [5, 5.41) is 16.1. The smallest absolute Gasteiger partial charge is 0.333 e. The Bertz CT molecular complexity index is 1230. The number of aromatic nitrogens is 3. The van der Waals surface area contributed by atoms with E-state index < -0.39 is 18.0 Å². The van der Waals surface area contributed by atoms with E-state index in [2.05, 4.69) is 41.3 Å². The van der Waals surface area contributed by atoms with E-state index in [1.54, 1.807) is 18.3 Å². The standard InChI is InChI=1S/C25H34BrN7O5S/c26-19-1-3-21(28-17-19)29-24(39)27-6-8-30-9-11-31(12-10-30)13-15-37-16-14-32-22(35)5-7-33(25(32)36)23-4-2-20(18-34)38-23/h1-5,7,17,20,23,34H,6,8-16,18H2,(H2,27,28,29,39)/t20-,23+/m0/s1. The van der Waals surface area contributed by atoms with Gasteiger partial charge in [0.05, 0.1) is 26.4 Å². The number of rotatable bonds is 12. The van der Waals surface area contributed by atoms with Crippen LogP contribution in [0, 0.1) is 0 Å². The van der Waals surface area contributed by atoms with Crippen molar-refractivity contribution in [1.82, 2.24) is 29.2 Å². The molecule has 12 nitrogen and oxygen atoms in total. The first kappa shape index (κ1) is 29.5. The third-order valence-corrected chi connectivity index (χ3v) is 7.23. The molecule has 0 spiro atoms. The van der Waals surface area contributed by atoms with Gasteiger partial charge in [0, 0.05) is 68.7 Å². The second-order valence-corrected chi connectivity index (χ2v) is 10.5. The molecular formula is C25H34BrN7O5S. The van der Waals surface area contributed by atoms with Gasteiger partial charge in [0.15, 0.2) is 11.3 Å². The lowest BCUT2D eigenvalue weighted by Gasteiger charge is -2.34. The molecular weight excluding hydrogens is 590 g/mol. The fourth-order valence-corrected chi connectivity index (χ4v) is 4.75. The van der Waals surface area contributed by atoms with Crippen LogP contribution in [0.1, 0.15) is 6.23 Å². The molecule has 4 heterocycles. The third-order valence-electron chi connectivity index (χ3n) is 6.51. The minimum absolute atomic E-state index is 0.160. The average molecular weight is 625 g/mol. The lowest BCUT2D eigenvalue weighted by atomic mass is 10.3. The summed E-state index contributed by atoms with van der Waals surface area (Å²) in [5.41, 5.74) is -0.848. The molecule has 0 radical (unpaired) electrons. The highest BCUT2D eigenvalue weighted by molar-refractivity contribution is 9.10. The molecule has 2 aromatic heterocycles. The van der Waals surface area contributed by atoms with Gasteiger partial charge in [0.25, 0.3) is 5.56 Å². The Kier molecular flexibility index (Phi) is 11.2. The van der Waals surface area contributed by atoms with E-state index in [0.29, 0.717) is 17.5 Å². The zero-order valence-corrected chi connectivity index (χ0v) is 24.0. The number of hydrogen-bond donors (Lipinski definition) is 3. The lowest BCUT2D eigenvalue weighted by Crippen LogP contribution is -2.49. The maximum atomic E-state index is 12.8. The largest absolute Gasteiger partial charge is 0.393 e. The average Bonchev–Trinajstić information content (AvgIpc) is 3.41. The van der Waals surface area contributed by atoms with Gasteiger partial charge in [-0.05, 0) is 46.4 Å². The normalized spacial score (nSPS) is 19.8. The molecule has 212 valence electrons. The number of nitrogens with zero attached hydrogens (tertiary/aromatic N) is 5. The molecule has 2 aromatic rings. The minimum Gasteiger partial charge on any atom is -0.393 e. The Balaban J connectivity index is 1.09. The Labute approximate surface area is 240 Å². The molecule has 4 rings (SSSR count). The second-order valence-electron chi connectivity index (χ2n) is 9.17. The molecule has 1 saturated heterocycles. The summed E-state index contributed by atoms with van der Waals surface area (Å²) < 4.78 is 14.7. The number of ether oxygens (including phenoxy) is 2. The van der Waals surface area contributed by atoms with Gasteiger partial charge in [-0.2, -0.15) is 0 Å². The maximum absolute atomic E-state index is 12.8. The summed E-state index contributed by atoms with van der Waals surface area (Å²) in [6, 6.07) is 5.10. The van der Waals surface area contributed by atoms with Crippen LogP contribution >= 0.6 is 28.1 Å². The fraction of sp³-hybridized carbons (Fsp3) is 0.520. The zero-order valence-electron chi connectivity index (χ0n) is 21.6. The van der Waals surface area contributed by atoms with Crippen LogP contribution in [0.15, 0.2) is 56.8 Å². The van der Waals surface area contributed by atoms with Crippen LogP contribution in [0.4, 0.5) is 5.82 Å². The first-order valence-corrected chi connectivity index (χ1v) is 14.1. The molecule has 3 N–H and O–H groups in total. The summed E-state index contributed by atoms with van der Waals surface area (Å²) >= 11 is 8.70. The highest BCUT2D eigenvalue weighted by atomic mass is 79.9. The van der Waals surface area contributed by atoms with Gasteiger partial charge in [-0.1, -0.05) is 6.08 Å². The molecule has 39 heavy (non-hydrogen) atoms. The molecule has 2 aliphatic rings. The van der Waals surface area contributed by atoms with Gasteiger partial charge in [0.2, 0.25) is 0 Å². The van der Waals surface area contributed by atoms with Crippen molar-refractivity contribution in [2.24, 2.45) is 0 Å². The summed E-state index contributed by atoms with van der Waals surface area (Å²) in [6.45, 7) is 7.02. The van der Waals surface area contributed by atoms with Gasteiger partial charge in [-0.25, -0.2) is 9.78 Å². The van der Waals surface area contributed by atoms with Gasteiger partial charge in [-0.15, -0.1) is 0 Å². The van der Waals surface area contributed by atoms with E-state index >= 15 is 0 Å². The molecule has 2 aliphatic heterocycles. The van der Waals surface area contributed by atoms with E-state index in [0.717, 1.165) is 54.9 Å².